The zero-order valence-corrected chi connectivity index (χ0v) is 13.8. The molecule has 2 aromatic carbocycles. The van der Waals surface area contributed by atoms with Crippen LogP contribution >= 0.6 is 0 Å². The second-order valence-corrected chi connectivity index (χ2v) is 6.57. The summed E-state index contributed by atoms with van der Waals surface area (Å²) in [5, 5.41) is 0. The minimum atomic E-state index is -0.170. The summed E-state index contributed by atoms with van der Waals surface area (Å²) in [6.07, 6.45) is 0.856. The Labute approximate surface area is 137 Å². The number of hydrogen-bond donors (Lipinski definition) is 0. The Bertz CT molecular complexity index is 660. The van der Waals surface area contributed by atoms with Gasteiger partial charge in [0.05, 0.1) is 13.2 Å². The molecule has 3 nitrogen and oxygen atoms in total. The van der Waals surface area contributed by atoms with E-state index in [-0.39, 0.29) is 11.5 Å². The van der Waals surface area contributed by atoms with Crippen molar-refractivity contribution in [2.24, 2.45) is 0 Å². The van der Waals surface area contributed by atoms with Gasteiger partial charge in [-0.05, 0) is 38.0 Å². The first kappa shape index (κ1) is 15.8. The third kappa shape index (κ3) is 4.20. The first-order valence-corrected chi connectivity index (χ1v) is 8.10. The van der Waals surface area contributed by atoms with Crippen molar-refractivity contribution in [2.45, 2.75) is 25.9 Å². The monoisotopic (exact) mass is 309 g/mol. The van der Waals surface area contributed by atoms with Gasteiger partial charge >= 0.3 is 0 Å². The fourth-order valence-electron chi connectivity index (χ4n) is 2.66. The second kappa shape index (κ2) is 6.55. The molecule has 23 heavy (non-hydrogen) atoms. The molecule has 1 amide bonds. The number of amides is 1. The van der Waals surface area contributed by atoms with E-state index in [0.29, 0.717) is 13.1 Å². The molecule has 0 spiro atoms. The van der Waals surface area contributed by atoms with Crippen LogP contribution in [0.2, 0.25) is 0 Å². The number of aryl methyl sites for hydroxylation is 1. The van der Waals surface area contributed by atoms with Crippen molar-refractivity contribution in [3.63, 3.8) is 0 Å². The van der Waals surface area contributed by atoms with E-state index in [0.717, 1.165) is 24.2 Å². The van der Waals surface area contributed by atoms with Gasteiger partial charge in [0.1, 0.15) is 5.60 Å². The molecule has 120 valence electrons. The SMILES string of the molecule is Cc1ccc(C(=O)N(CCc2ccccc2)CC2(C)CO2)cc1. The van der Waals surface area contributed by atoms with Gasteiger partial charge in [-0.25, -0.2) is 0 Å². The highest BCUT2D eigenvalue weighted by Gasteiger charge is 2.41. The minimum Gasteiger partial charge on any atom is -0.368 e. The smallest absolute Gasteiger partial charge is 0.253 e. The lowest BCUT2D eigenvalue weighted by Gasteiger charge is -2.25. The molecule has 1 saturated heterocycles. The quantitative estimate of drug-likeness (QED) is 0.766. The lowest BCUT2D eigenvalue weighted by atomic mass is 10.1. The average Bonchev–Trinajstić information content (AvgIpc) is 3.30. The number of carbonyl (C=O) groups is 1. The van der Waals surface area contributed by atoms with Crippen LogP contribution in [0.1, 0.15) is 28.4 Å². The minimum absolute atomic E-state index is 0.0812. The molecule has 3 rings (SSSR count). The Morgan fingerprint density at radius 1 is 1.13 bits per heavy atom. The summed E-state index contributed by atoms with van der Waals surface area (Å²) in [5.41, 5.74) is 2.98. The van der Waals surface area contributed by atoms with Gasteiger partial charge in [-0.2, -0.15) is 0 Å². The molecule has 3 heteroatoms. The molecule has 0 aliphatic carbocycles. The van der Waals surface area contributed by atoms with Crippen LogP contribution in [0.25, 0.3) is 0 Å². The predicted octanol–water partition coefficient (Wildman–Crippen LogP) is 3.47. The molecule has 1 aliphatic rings. The summed E-state index contributed by atoms with van der Waals surface area (Å²) in [6.45, 7) is 6.17. The molecule has 0 N–H and O–H groups in total. The number of epoxide rings is 1. The van der Waals surface area contributed by atoms with Crippen LogP contribution in [-0.4, -0.2) is 36.1 Å². The highest BCUT2D eigenvalue weighted by molar-refractivity contribution is 5.94. The first-order chi connectivity index (χ1) is 11.1. The van der Waals surface area contributed by atoms with Gasteiger partial charge in [0, 0.05) is 12.1 Å². The van der Waals surface area contributed by atoms with Crippen molar-refractivity contribution in [3.05, 3.63) is 71.3 Å². The van der Waals surface area contributed by atoms with Gasteiger partial charge in [0.25, 0.3) is 5.91 Å². The number of benzene rings is 2. The summed E-state index contributed by atoms with van der Waals surface area (Å²) in [5.74, 6) is 0.0812. The molecule has 0 saturated carbocycles. The lowest BCUT2D eigenvalue weighted by molar-refractivity contribution is 0.0715. The summed E-state index contributed by atoms with van der Waals surface area (Å²) in [6, 6.07) is 18.1. The molecule has 1 heterocycles. The van der Waals surface area contributed by atoms with Gasteiger partial charge in [0.2, 0.25) is 0 Å². The second-order valence-electron chi connectivity index (χ2n) is 6.57. The van der Waals surface area contributed by atoms with Gasteiger partial charge in [0.15, 0.2) is 0 Å². The Balaban J connectivity index is 1.72. The number of nitrogens with zero attached hydrogens (tertiary/aromatic N) is 1. The van der Waals surface area contributed by atoms with Crippen molar-refractivity contribution in [1.82, 2.24) is 4.90 Å². The van der Waals surface area contributed by atoms with E-state index in [1.165, 1.54) is 5.56 Å². The van der Waals surface area contributed by atoms with Gasteiger partial charge in [-0.15, -0.1) is 0 Å². The Hall–Kier alpha value is -2.13. The maximum Gasteiger partial charge on any atom is 0.253 e. The largest absolute Gasteiger partial charge is 0.368 e. The van der Waals surface area contributed by atoms with Crippen molar-refractivity contribution < 1.29 is 9.53 Å². The highest BCUT2D eigenvalue weighted by Crippen LogP contribution is 2.27. The molecule has 1 atom stereocenters. The van der Waals surface area contributed by atoms with Crippen LogP contribution in [0.15, 0.2) is 54.6 Å². The summed E-state index contributed by atoms with van der Waals surface area (Å²) >= 11 is 0. The maximum atomic E-state index is 12.9. The van der Waals surface area contributed by atoms with Crippen molar-refractivity contribution in [3.8, 4) is 0 Å². The molecule has 2 aromatic rings. The third-order valence-corrected chi connectivity index (χ3v) is 4.26. The molecule has 0 bridgehead atoms. The topological polar surface area (TPSA) is 32.8 Å². The van der Waals surface area contributed by atoms with E-state index < -0.39 is 0 Å². The van der Waals surface area contributed by atoms with Crippen LogP contribution in [0, 0.1) is 6.92 Å². The molecule has 1 unspecified atom stereocenters. The van der Waals surface area contributed by atoms with E-state index in [1.807, 2.05) is 54.3 Å². The van der Waals surface area contributed by atoms with Gasteiger partial charge in [-0.1, -0.05) is 48.0 Å². The van der Waals surface area contributed by atoms with Crippen molar-refractivity contribution in [1.29, 1.82) is 0 Å². The number of hydrogen-bond acceptors (Lipinski definition) is 2. The molecule has 0 radical (unpaired) electrons. The molecule has 1 aliphatic heterocycles. The lowest BCUT2D eigenvalue weighted by Crippen LogP contribution is -2.39. The number of rotatable bonds is 6. The van der Waals surface area contributed by atoms with Crippen LogP contribution in [0.5, 0.6) is 0 Å². The summed E-state index contributed by atoms with van der Waals surface area (Å²) in [4.78, 5) is 14.8. The van der Waals surface area contributed by atoms with E-state index in [4.69, 9.17) is 4.74 Å². The van der Waals surface area contributed by atoms with Crippen molar-refractivity contribution in [2.75, 3.05) is 19.7 Å². The van der Waals surface area contributed by atoms with Crippen LogP contribution in [-0.2, 0) is 11.2 Å². The Kier molecular flexibility index (Phi) is 4.49. The Morgan fingerprint density at radius 3 is 2.39 bits per heavy atom. The zero-order chi connectivity index (χ0) is 16.3. The van der Waals surface area contributed by atoms with Crippen molar-refractivity contribution >= 4 is 5.91 Å². The zero-order valence-electron chi connectivity index (χ0n) is 13.8. The van der Waals surface area contributed by atoms with Gasteiger partial charge < -0.3 is 9.64 Å². The fourth-order valence-corrected chi connectivity index (χ4v) is 2.66. The molecular weight excluding hydrogens is 286 g/mol. The highest BCUT2D eigenvalue weighted by atomic mass is 16.6. The van der Waals surface area contributed by atoms with Crippen LogP contribution in [0.3, 0.4) is 0 Å². The van der Waals surface area contributed by atoms with E-state index in [1.54, 1.807) is 0 Å². The standard InChI is InChI=1S/C20H23NO2/c1-16-8-10-18(11-9-16)19(22)21(14-20(2)15-23-20)13-12-17-6-4-3-5-7-17/h3-11H,12-15H2,1-2H3. The average molecular weight is 309 g/mol. The van der Waals surface area contributed by atoms with Crippen LogP contribution < -0.4 is 0 Å². The third-order valence-electron chi connectivity index (χ3n) is 4.26. The molecular formula is C20H23NO2. The van der Waals surface area contributed by atoms with Crippen LogP contribution in [0.4, 0.5) is 0 Å². The predicted molar refractivity (Wildman–Crippen MR) is 91.6 cm³/mol. The molecule has 0 aromatic heterocycles. The number of ether oxygens (including phenoxy) is 1. The first-order valence-electron chi connectivity index (χ1n) is 8.10. The Morgan fingerprint density at radius 2 is 1.78 bits per heavy atom. The van der Waals surface area contributed by atoms with E-state index >= 15 is 0 Å². The summed E-state index contributed by atoms with van der Waals surface area (Å²) in [7, 11) is 0. The number of carbonyl (C=O) groups excluding carboxylic acids is 1. The fraction of sp³-hybridized carbons (Fsp3) is 0.350. The van der Waals surface area contributed by atoms with E-state index in [9.17, 15) is 4.79 Å². The van der Waals surface area contributed by atoms with Gasteiger partial charge in [-0.3, -0.25) is 4.79 Å². The normalized spacial score (nSPS) is 19.4. The molecule has 1 fully saturated rings. The maximum absolute atomic E-state index is 12.9. The van der Waals surface area contributed by atoms with E-state index in [2.05, 4.69) is 19.1 Å². The summed E-state index contributed by atoms with van der Waals surface area (Å²) < 4.78 is 5.49.